The number of aryl methyl sites for hydroxylation is 1. The molecule has 2 aliphatic rings. The Bertz CT molecular complexity index is 1590. The van der Waals surface area contributed by atoms with Gasteiger partial charge in [0.15, 0.2) is 5.82 Å². The van der Waals surface area contributed by atoms with E-state index in [9.17, 15) is 13.2 Å². The van der Waals surface area contributed by atoms with Crippen LogP contribution < -0.4 is 4.72 Å². The maximum atomic E-state index is 14.0. The van der Waals surface area contributed by atoms with Crippen LogP contribution in [-0.4, -0.2) is 42.4 Å². The maximum Gasteiger partial charge on any atom is 0.263 e. The maximum absolute atomic E-state index is 14.0. The Morgan fingerprint density at radius 1 is 1.07 bits per heavy atom. The summed E-state index contributed by atoms with van der Waals surface area (Å²) in [5, 5.41) is 3.93. The van der Waals surface area contributed by atoms with E-state index in [4.69, 9.17) is 14.3 Å². The Morgan fingerprint density at radius 2 is 1.83 bits per heavy atom. The standard InChI is InChI=1S/C32H40N4O5S/c1-5-7-14-29-33-32(17-10-11-18-32)31(37)36(29)20-24-15-16-27(26-13-9-8-12-25(26)21-40-6-2)28(19-24)42(38,39)35-30-22(3)23(4)41-34-30/h8-9,12-13,15-16,19H,5-7,10-11,14,17-18,20-21H2,1-4H3,(H,34,35). The summed E-state index contributed by atoms with van der Waals surface area (Å²) < 4.78 is 41.6. The van der Waals surface area contributed by atoms with Gasteiger partial charge in [0, 0.05) is 24.2 Å². The van der Waals surface area contributed by atoms with Crippen molar-refractivity contribution in [2.45, 2.75) is 96.2 Å². The molecule has 1 N–H and O–H groups in total. The lowest BCUT2D eigenvalue weighted by atomic mass is 9.97. The van der Waals surface area contributed by atoms with Crippen LogP contribution in [0.1, 0.15) is 81.2 Å². The molecule has 1 spiro atoms. The van der Waals surface area contributed by atoms with Crippen molar-refractivity contribution >= 4 is 27.6 Å². The third-order valence-corrected chi connectivity index (χ3v) is 9.70. The number of carbonyl (C=O) groups is 1. The van der Waals surface area contributed by atoms with Gasteiger partial charge in [0.25, 0.3) is 15.9 Å². The highest BCUT2D eigenvalue weighted by Gasteiger charge is 2.49. The summed E-state index contributed by atoms with van der Waals surface area (Å²) in [6.07, 6.45) is 6.20. The van der Waals surface area contributed by atoms with E-state index in [0.717, 1.165) is 61.9 Å². The van der Waals surface area contributed by atoms with Crippen molar-refractivity contribution in [1.82, 2.24) is 10.1 Å². The molecule has 1 aromatic heterocycles. The van der Waals surface area contributed by atoms with Crippen LogP contribution in [0.5, 0.6) is 0 Å². The minimum Gasteiger partial charge on any atom is -0.377 e. The zero-order valence-corrected chi connectivity index (χ0v) is 25.7. The molecule has 2 heterocycles. The third kappa shape index (κ3) is 5.87. The van der Waals surface area contributed by atoms with Crippen molar-refractivity contribution in [3.8, 4) is 11.1 Å². The lowest BCUT2D eigenvalue weighted by molar-refractivity contribution is -0.131. The highest BCUT2D eigenvalue weighted by Crippen LogP contribution is 2.40. The average Bonchev–Trinajstić information content (AvgIpc) is 3.66. The van der Waals surface area contributed by atoms with E-state index in [-0.39, 0.29) is 23.2 Å². The molecule has 1 aliphatic carbocycles. The molecule has 2 aromatic carbocycles. The monoisotopic (exact) mass is 592 g/mol. The van der Waals surface area contributed by atoms with Crippen LogP contribution in [0, 0.1) is 13.8 Å². The van der Waals surface area contributed by atoms with E-state index in [2.05, 4.69) is 16.8 Å². The van der Waals surface area contributed by atoms with E-state index < -0.39 is 15.6 Å². The molecule has 0 saturated heterocycles. The Labute approximate surface area is 248 Å². The molecular weight excluding hydrogens is 552 g/mol. The van der Waals surface area contributed by atoms with Gasteiger partial charge in [0.1, 0.15) is 17.1 Å². The molecule has 0 unspecified atom stereocenters. The second-order valence-electron chi connectivity index (χ2n) is 11.2. The largest absolute Gasteiger partial charge is 0.377 e. The first-order valence-corrected chi connectivity index (χ1v) is 16.3. The number of rotatable bonds is 12. The van der Waals surface area contributed by atoms with Crippen LogP contribution in [0.2, 0.25) is 0 Å². The fourth-order valence-electron chi connectivity index (χ4n) is 5.81. The first-order chi connectivity index (χ1) is 20.2. The SMILES string of the molecule is CCCCC1=NC2(CCCC2)C(=O)N1Cc1ccc(-c2ccccc2COCC)c(S(=O)(=O)Nc2noc(C)c2C)c1. The molecular formula is C32H40N4O5S. The van der Waals surface area contributed by atoms with Crippen LogP contribution >= 0.6 is 0 Å². The Hall–Kier alpha value is -3.50. The number of nitrogens with one attached hydrogen (secondary N) is 1. The number of hydrogen-bond donors (Lipinski definition) is 1. The molecule has 5 rings (SSSR count). The highest BCUT2D eigenvalue weighted by atomic mass is 32.2. The molecule has 9 nitrogen and oxygen atoms in total. The zero-order valence-electron chi connectivity index (χ0n) is 24.9. The van der Waals surface area contributed by atoms with Crippen LogP contribution in [0.3, 0.4) is 0 Å². The van der Waals surface area contributed by atoms with Gasteiger partial charge in [-0.1, -0.05) is 67.7 Å². The lowest BCUT2D eigenvalue weighted by Gasteiger charge is -2.23. The number of sulfonamides is 1. The summed E-state index contributed by atoms with van der Waals surface area (Å²) in [5.74, 6) is 1.54. The van der Waals surface area contributed by atoms with Crippen LogP contribution in [0.25, 0.3) is 11.1 Å². The molecule has 1 saturated carbocycles. The summed E-state index contributed by atoms with van der Waals surface area (Å²) in [6.45, 7) is 8.69. The summed E-state index contributed by atoms with van der Waals surface area (Å²) >= 11 is 0. The van der Waals surface area contributed by atoms with E-state index >= 15 is 0 Å². The fraction of sp³-hybridized carbons (Fsp3) is 0.469. The molecule has 10 heteroatoms. The molecule has 1 amide bonds. The molecule has 3 aromatic rings. The van der Waals surface area contributed by atoms with Gasteiger partial charge in [-0.3, -0.25) is 19.4 Å². The van der Waals surface area contributed by atoms with E-state index in [1.165, 1.54) is 0 Å². The van der Waals surface area contributed by atoms with Crippen molar-refractivity contribution in [3.05, 3.63) is 64.9 Å². The van der Waals surface area contributed by atoms with Crippen molar-refractivity contribution in [2.24, 2.45) is 4.99 Å². The number of carbonyl (C=O) groups excluding carboxylic acids is 1. The molecule has 224 valence electrons. The van der Waals surface area contributed by atoms with E-state index in [1.54, 1.807) is 24.8 Å². The molecule has 0 atom stereocenters. The van der Waals surface area contributed by atoms with E-state index in [0.29, 0.717) is 35.7 Å². The highest BCUT2D eigenvalue weighted by molar-refractivity contribution is 7.92. The number of unbranched alkanes of at least 4 members (excludes halogenated alkanes) is 1. The normalized spacial score (nSPS) is 16.4. The number of aromatic nitrogens is 1. The van der Waals surface area contributed by atoms with Crippen molar-refractivity contribution in [3.63, 3.8) is 0 Å². The van der Waals surface area contributed by atoms with Crippen LogP contribution in [-0.2, 0) is 32.7 Å². The van der Waals surface area contributed by atoms with Gasteiger partial charge < -0.3 is 9.26 Å². The topological polar surface area (TPSA) is 114 Å². The van der Waals surface area contributed by atoms with Crippen LogP contribution in [0.15, 0.2) is 56.9 Å². The number of hydrogen-bond acceptors (Lipinski definition) is 7. The predicted molar refractivity (Wildman–Crippen MR) is 163 cm³/mol. The number of nitrogens with zero attached hydrogens (tertiary/aromatic N) is 3. The summed E-state index contributed by atoms with van der Waals surface area (Å²) in [4.78, 5) is 20.6. The van der Waals surface area contributed by atoms with Crippen molar-refractivity contribution in [1.29, 1.82) is 0 Å². The Kier molecular flexibility index (Phi) is 8.84. The van der Waals surface area contributed by atoms with E-state index in [1.807, 2.05) is 43.3 Å². The molecule has 0 bridgehead atoms. The van der Waals surface area contributed by atoms with Crippen LogP contribution in [0.4, 0.5) is 5.82 Å². The molecule has 1 aliphatic heterocycles. The Balaban J connectivity index is 1.56. The van der Waals surface area contributed by atoms with Gasteiger partial charge in [-0.15, -0.1) is 0 Å². The van der Waals surface area contributed by atoms with Gasteiger partial charge >= 0.3 is 0 Å². The zero-order chi connectivity index (χ0) is 29.9. The smallest absolute Gasteiger partial charge is 0.263 e. The average molecular weight is 593 g/mol. The number of aliphatic imine (C=N–C) groups is 1. The third-order valence-electron chi connectivity index (χ3n) is 8.32. The molecule has 42 heavy (non-hydrogen) atoms. The van der Waals surface area contributed by atoms with Gasteiger partial charge in [-0.05, 0) is 62.8 Å². The number of amides is 1. The summed E-state index contributed by atoms with van der Waals surface area (Å²) in [5.41, 5.74) is 2.86. The first kappa shape index (κ1) is 30.0. The van der Waals surface area contributed by atoms with Gasteiger partial charge in [-0.25, -0.2) is 8.42 Å². The first-order valence-electron chi connectivity index (χ1n) is 14.8. The van der Waals surface area contributed by atoms with Gasteiger partial charge in [0.2, 0.25) is 0 Å². The van der Waals surface area contributed by atoms with Crippen molar-refractivity contribution in [2.75, 3.05) is 11.3 Å². The predicted octanol–water partition coefficient (Wildman–Crippen LogP) is 6.54. The Morgan fingerprint density at radius 3 is 2.52 bits per heavy atom. The minimum atomic E-state index is -4.11. The number of benzene rings is 2. The quantitative estimate of drug-likeness (QED) is 0.255. The summed E-state index contributed by atoms with van der Waals surface area (Å²) in [6, 6.07) is 13.0. The molecule has 0 radical (unpaired) electrons. The van der Waals surface area contributed by atoms with Gasteiger partial charge in [-0.2, -0.15) is 0 Å². The minimum absolute atomic E-state index is 0.0356. The summed E-state index contributed by atoms with van der Waals surface area (Å²) in [7, 11) is -4.11. The fourth-order valence-corrected chi connectivity index (χ4v) is 7.14. The number of anilines is 1. The lowest BCUT2D eigenvalue weighted by Crippen LogP contribution is -2.40. The number of ether oxygens (including phenoxy) is 1. The second-order valence-corrected chi connectivity index (χ2v) is 12.9. The molecule has 1 fully saturated rings. The number of amidine groups is 1. The van der Waals surface area contributed by atoms with Crippen molar-refractivity contribution < 1.29 is 22.5 Å². The second kappa shape index (κ2) is 12.4. The van der Waals surface area contributed by atoms with Gasteiger partial charge in [0.05, 0.1) is 18.0 Å².